The number of para-hydroxylation sites is 1. The molecule has 0 saturated carbocycles. The summed E-state index contributed by atoms with van der Waals surface area (Å²) in [5.74, 6) is 6.00. The minimum Gasteiger partial charge on any atom is -0.385 e. The summed E-state index contributed by atoms with van der Waals surface area (Å²) in [5, 5.41) is 18.7. The molecule has 0 amide bonds. The van der Waals surface area contributed by atoms with Crippen molar-refractivity contribution in [1.29, 1.82) is 0 Å². The number of hydrazine groups is 1. The number of halogens is 3. The second kappa shape index (κ2) is 8.90. The van der Waals surface area contributed by atoms with Gasteiger partial charge in [-0.1, -0.05) is 12.1 Å². The first-order valence-electron chi connectivity index (χ1n) is 9.36. The summed E-state index contributed by atoms with van der Waals surface area (Å²) in [6.45, 7) is 0.811. The predicted molar refractivity (Wildman–Crippen MR) is 108 cm³/mol. The average Bonchev–Trinajstić information content (AvgIpc) is 2.68. The molecule has 162 valence electrons. The number of alkyl halides is 3. The molecule has 10 heteroatoms. The Balaban J connectivity index is 1.74. The number of nitrogens with zero attached hydrogens (tertiary/aromatic N) is 2. The summed E-state index contributed by atoms with van der Waals surface area (Å²) in [6.07, 6.45) is -3.13. The van der Waals surface area contributed by atoms with E-state index >= 15 is 0 Å². The normalized spacial score (nSPS) is 20.1. The SMILES string of the molecule is N/C(=N\N(N)CC1(O)CCCOC1)c1ccccc1Nc1ccc(C(F)(F)F)cc1. The molecule has 1 unspecified atom stereocenters. The van der Waals surface area contributed by atoms with E-state index in [2.05, 4.69) is 10.4 Å². The van der Waals surface area contributed by atoms with E-state index in [9.17, 15) is 18.3 Å². The second-order valence-electron chi connectivity index (χ2n) is 7.21. The largest absolute Gasteiger partial charge is 0.416 e. The first-order valence-corrected chi connectivity index (χ1v) is 9.36. The number of aliphatic hydroxyl groups is 1. The lowest BCUT2D eigenvalue weighted by atomic mass is 9.97. The van der Waals surface area contributed by atoms with Crippen LogP contribution in [0.15, 0.2) is 53.6 Å². The molecule has 0 aromatic heterocycles. The van der Waals surface area contributed by atoms with Crippen molar-refractivity contribution in [2.24, 2.45) is 16.7 Å². The average molecular weight is 423 g/mol. The number of hydrogen-bond donors (Lipinski definition) is 4. The molecular formula is C20H24F3N5O2. The highest BCUT2D eigenvalue weighted by Crippen LogP contribution is 2.30. The maximum Gasteiger partial charge on any atom is 0.416 e. The van der Waals surface area contributed by atoms with Crippen molar-refractivity contribution in [3.8, 4) is 0 Å². The fourth-order valence-electron chi connectivity index (χ4n) is 3.20. The van der Waals surface area contributed by atoms with Crippen LogP contribution in [0.5, 0.6) is 0 Å². The van der Waals surface area contributed by atoms with Gasteiger partial charge in [0, 0.05) is 23.5 Å². The van der Waals surface area contributed by atoms with Crippen LogP contribution in [0.2, 0.25) is 0 Å². The molecule has 1 aliphatic rings. The van der Waals surface area contributed by atoms with Crippen LogP contribution in [0, 0.1) is 0 Å². The van der Waals surface area contributed by atoms with E-state index in [1.165, 1.54) is 12.1 Å². The van der Waals surface area contributed by atoms with E-state index in [-0.39, 0.29) is 19.0 Å². The number of nitrogens with one attached hydrogen (secondary N) is 1. The maximum absolute atomic E-state index is 12.7. The van der Waals surface area contributed by atoms with Crippen molar-refractivity contribution in [2.45, 2.75) is 24.6 Å². The number of nitrogens with two attached hydrogens (primary N) is 2. The number of hydrazone groups is 1. The Kier molecular flexibility index (Phi) is 6.49. The molecule has 2 aromatic rings. The quantitative estimate of drug-likeness (QED) is 0.246. The third-order valence-electron chi connectivity index (χ3n) is 4.69. The van der Waals surface area contributed by atoms with Gasteiger partial charge in [-0.05, 0) is 49.2 Å². The van der Waals surface area contributed by atoms with Gasteiger partial charge in [-0.25, -0.2) is 11.0 Å². The molecule has 0 spiro atoms. The van der Waals surface area contributed by atoms with Crippen LogP contribution in [0.1, 0.15) is 24.0 Å². The van der Waals surface area contributed by atoms with Crippen LogP contribution in [0.3, 0.4) is 0 Å². The number of hydrogen-bond acceptors (Lipinski definition) is 6. The Labute approximate surface area is 172 Å². The smallest absolute Gasteiger partial charge is 0.385 e. The standard InChI is InChI=1S/C20H24F3N5O2/c21-20(22,23)14-6-8-15(9-7-14)26-17-5-2-1-4-16(17)18(24)27-28(25)12-19(29)10-3-11-30-13-19/h1-2,4-9,26,29H,3,10-13,25H2,(H2,24,27). The van der Waals surface area contributed by atoms with Crippen molar-refractivity contribution in [3.63, 3.8) is 0 Å². The molecule has 2 aromatic carbocycles. The first-order chi connectivity index (χ1) is 14.2. The molecule has 6 N–H and O–H groups in total. The molecule has 0 aliphatic carbocycles. The monoisotopic (exact) mass is 423 g/mol. The van der Waals surface area contributed by atoms with E-state index in [1.807, 2.05) is 0 Å². The van der Waals surface area contributed by atoms with Gasteiger partial charge in [0.2, 0.25) is 0 Å². The lowest BCUT2D eigenvalue weighted by Gasteiger charge is -2.33. The third kappa shape index (κ3) is 5.62. The van der Waals surface area contributed by atoms with Gasteiger partial charge >= 0.3 is 6.18 Å². The molecular weight excluding hydrogens is 399 g/mol. The van der Waals surface area contributed by atoms with Gasteiger partial charge in [0.1, 0.15) is 5.60 Å². The van der Waals surface area contributed by atoms with Crippen LogP contribution >= 0.6 is 0 Å². The zero-order valence-electron chi connectivity index (χ0n) is 16.2. The summed E-state index contributed by atoms with van der Waals surface area (Å²) in [4.78, 5) is 0. The summed E-state index contributed by atoms with van der Waals surface area (Å²) in [5.41, 5.74) is 5.79. The van der Waals surface area contributed by atoms with Crippen molar-refractivity contribution in [1.82, 2.24) is 5.12 Å². The van der Waals surface area contributed by atoms with Crippen molar-refractivity contribution in [3.05, 3.63) is 59.7 Å². The van der Waals surface area contributed by atoms with Gasteiger partial charge in [-0.15, -0.1) is 5.10 Å². The lowest BCUT2D eigenvalue weighted by molar-refractivity contribution is -0.137. The van der Waals surface area contributed by atoms with Gasteiger partial charge in [0.05, 0.1) is 18.7 Å². The zero-order valence-corrected chi connectivity index (χ0v) is 16.2. The molecule has 1 heterocycles. The van der Waals surface area contributed by atoms with Gasteiger partial charge in [0.25, 0.3) is 0 Å². The van der Waals surface area contributed by atoms with Crippen LogP contribution in [-0.4, -0.2) is 41.4 Å². The Hall–Kier alpha value is -2.82. The highest BCUT2D eigenvalue weighted by Gasteiger charge is 2.32. The molecule has 30 heavy (non-hydrogen) atoms. The van der Waals surface area contributed by atoms with Gasteiger partial charge in [-0.3, -0.25) is 0 Å². The van der Waals surface area contributed by atoms with E-state index in [0.29, 0.717) is 30.0 Å². The minimum absolute atomic E-state index is 0.0438. The number of benzene rings is 2. The van der Waals surface area contributed by atoms with E-state index in [0.717, 1.165) is 23.7 Å². The lowest BCUT2D eigenvalue weighted by Crippen LogP contribution is -2.49. The van der Waals surface area contributed by atoms with Crippen molar-refractivity contribution < 1.29 is 23.0 Å². The van der Waals surface area contributed by atoms with Crippen LogP contribution in [-0.2, 0) is 10.9 Å². The van der Waals surface area contributed by atoms with E-state index in [4.69, 9.17) is 16.3 Å². The highest BCUT2D eigenvalue weighted by atomic mass is 19.4. The topological polar surface area (TPSA) is 109 Å². The van der Waals surface area contributed by atoms with Gasteiger partial charge in [0.15, 0.2) is 5.84 Å². The highest BCUT2D eigenvalue weighted by molar-refractivity contribution is 6.02. The summed E-state index contributed by atoms with van der Waals surface area (Å²) < 4.78 is 43.5. The van der Waals surface area contributed by atoms with E-state index in [1.54, 1.807) is 24.3 Å². The number of anilines is 2. The first kappa shape index (κ1) is 21.9. The van der Waals surface area contributed by atoms with Gasteiger partial charge in [-0.2, -0.15) is 13.2 Å². The number of ether oxygens (including phenoxy) is 1. The molecule has 1 aliphatic heterocycles. The molecule has 7 nitrogen and oxygen atoms in total. The fourth-order valence-corrected chi connectivity index (χ4v) is 3.20. The zero-order chi connectivity index (χ0) is 21.8. The van der Waals surface area contributed by atoms with Gasteiger partial charge < -0.3 is 20.9 Å². The summed E-state index contributed by atoms with van der Waals surface area (Å²) >= 11 is 0. The summed E-state index contributed by atoms with van der Waals surface area (Å²) in [7, 11) is 0. The molecule has 0 bridgehead atoms. The Morgan fingerprint density at radius 1 is 1.20 bits per heavy atom. The fraction of sp³-hybridized carbons (Fsp3) is 0.350. The molecule has 1 atom stereocenters. The predicted octanol–water partition coefficient (Wildman–Crippen LogP) is 2.79. The second-order valence-corrected chi connectivity index (χ2v) is 7.21. The number of amidine groups is 1. The summed E-state index contributed by atoms with van der Waals surface area (Å²) in [6, 6.07) is 11.6. The molecule has 0 radical (unpaired) electrons. The Morgan fingerprint density at radius 2 is 1.90 bits per heavy atom. The molecule has 1 fully saturated rings. The Morgan fingerprint density at radius 3 is 2.53 bits per heavy atom. The van der Waals surface area contributed by atoms with Crippen LogP contribution in [0.4, 0.5) is 24.5 Å². The van der Waals surface area contributed by atoms with Crippen molar-refractivity contribution >= 4 is 17.2 Å². The third-order valence-corrected chi connectivity index (χ3v) is 4.69. The van der Waals surface area contributed by atoms with E-state index < -0.39 is 17.3 Å². The maximum atomic E-state index is 12.7. The number of rotatable bonds is 6. The van der Waals surface area contributed by atoms with Crippen LogP contribution < -0.4 is 16.9 Å². The Bertz CT molecular complexity index is 881. The molecule has 1 saturated heterocycles. The van der Waals surface area contributed by atoms with Crippen LogP contribution in [0.25, 0.3) is 0 Å². The molecule has 3 rings (SSSR count). The van der Waals surface area contributed by atoms with Crippen molar-refractivity contribution in [2.75, 3.05) is 25.1 Å². The minimum atomic E-state index is -4.40.